The third-order valence-electron chi connectivity index (χ3n) is 1.74. The van der Waals surface area contributed by atoms with Crippen molar-refractivity contribution in [3.05, 3.63) is 5.01 Å². The minimum atomic E-state index is 0.0948. The summed E-state index contributed by atoms with van der Waals surface area (Å²) in [7, 11) is 1.90. The van der Waals surface area contributed by atoms with Crippen molar-refractivity contribution in [3.63, 3.8) is 0 Å². The molecule has 1 heterocycles. The van der Waals surface area contributed by atoms with Crippen molar-refractivity contribution in [2.45, 2.75) is 19.9 Å². The number of rotatable bonds is 3. The molecule has 1 unspecified atom stereocenters. The maximum absolute atomic E-state index is 8.89. The highest BCUT2D eigenvalue weighted by molar-refractivity contribution is 7.15. The van der Waals surface area contributed by atoms with E-state index in [1.54, 1.807) is 0 Å². The van der Waals surface area contributed by atoms with Crippen LogP contribution in [0.4, 0.5) is 5.13 Å². The normalized spacial score (nSPS) is 13.0. The van der Waals surface area contributed by atoms with E-state index in [0.29, 0.717) is 0 Å². The molecule has 1 N–H and O–H groups in total. The van der Waals surface area contributed by atoms with Gasteiger partial charge in [0.05, 0.1) is 12.6 Å². The third-order valence-corrected chi connectivity index (χ3v) is 2.67. The lowest BCUT2D eigenvalue weighted by Crippen LogP contribution is -2.31. The van der Waals surface area contributed by atoms with Crippen LogP contribution in [-0.4, -0.2) is 35.0 Å². The predicted molar refractivity (Wildman–Crippen MR) is 49.6 cm³/mol. The number of nitrogens with zero attached hydrogens (tertiary/aromatic N) is 3. The second-order valence-electron chi connectivity index (χ2n) is 2.75. The fourth-order valence-corrected chi connectivity index (χ4v) is 1.49. The zero-order chi connectivity index (χ0) is 9.14. The van der Waals surface area contributed by atoms with Gasteiger partial charge in [0.1, 0.15) is 5.01 Å². The van der Waals surface area contributed by atoms with Crippen molar-refractivity contribution in [3.8, 4) is 0 Å². The molecule has 0 bridgehead atoms. The number of aliphatic hydroxyl groups excluding tert-OH is 1. The molecular weight excluding hydrogens is 174 g/mol. The van der Waals surface area contributed by atoms with E-state index in [2.05, 4.69) is 10.2 Å². The molecule has 0 aromatic carbocycles. The standard InChI is InChI=1S/C7H13N3OS/c1-5(4-11)10(3)7-9-8-6(2)12-7/h5,11H,4H2,1-3H3. The Morgan fingerprint density at radius 1 is 1.58 bits per heavy atom. The number of hydrogen-bond donors (Lipinski definition) is 1. The van der Waals surface area contributed by atoms with Gasteiger partial charge in [0.2, 0.25) is 5.13 Å². The van der Waals surface area contributed by atoms with Gasteiger partial charge < -0.3 is 10.0 Å². The summed E-state index contributed by atoms with van der Waals surface area (Å²) in [5.41, 5.74) is 0. The van der Waals surface area contributed by atoms with Gasteiger partial charge in [-0.15, -0.1) is 10.2 Å². The van der Waals surface area contributed by atoms with Crippen LogP contribution in [0.25, 0.3) is 0 Å². The first-order valence-electron chi connectivity index (χ1n) is 3.79. The van der Waals surface area contributed by atoms with E-state index in [-0.39, 0.29) is 12.6 Å². The Kier molecular flexibility index (Phi) is 2.99. The Hall–Kier alpha value is -0.680. The van der Waals surface area contributed by atoms with Gasteiger partial charge in [0, 0.05) is 7.05 Å². The van der Waals surface area contributed by atoms with Crippen molar-refractivity contribution in [1.82, 2.24) is 10.2 Å². The molecule has 4 nitrogen and oxygen atoms in total. The molecule has 0 amide bonds. The number of hydrogen-bond acceptors (Lipinski definition) is 5. The molecule has 0 fully saturated rings. The van der Waals surface area contributed by atoms with Crippen LogP contribution >= 0.6 is 11.3 Å². The monoisotopic (exact) mass is 187 g/mol. The first-order valence-corrected chi connectivity index (χ1v) is 4.60. The average Bonchev–Trinajstić information content (AvgIpc) is 2.49. The molecule has 0 saturated carbocycles. The van der Waals surface area contributed by atoms with Gasteiger partial charge in [-0.25, -0.2) is 0 Å². The smallest absolute Gasteiger partial charge is 0.208 e. The number of aliphatic hydroxyl groups is 1. The van der Waals surface area contributed by atoms with E-state index in [9.17, 15) is 0 Å². The Morgan fingerprint density at radius 2 is 2.25 bits per heavy atom. The number of anilines is 1. The Balaban J connectivity index is 2.70. The predicted octanol–water partition coefficient (Wildman–Crippen LogP) is 0.664. The number of likely N-dealkylation sites (N-methyl/N-ethyl adjacent to an activating group) is 1. The van der Waals surface area contributed by atoms with Gasteiger partial charge in [0.15, 0.2) is 0 Å². The van der Waals surface area contributed by atoms with Crippen molar-refractivity contribution in [2.75, 3.05) is 18.6 Å². The minimum absolute atomic E-state index is 0.0948. The molecule has 0 aliphatic rings. The van der Waals surface area contributed by atoms with E-state index in [0.717, 1.165) is 10.1 Å². The van der Waals surface area contributed by atoms with Crippen LogP contribution < -0.4 is 4.90 Å². The van der Waals surface area contributed by atoms with Crippen LogP contribution in [0.1, 0.15) is 11.9 Å². The van der Waals surface area contributed by atoms with E-state index >= 15 is 0 Å². The van der Waals surface area contributed by atoms with Gasteiger partial charge in [-0.1, -0.05) is 11.3 Å². The van der Waals surface area contributed by atoms with E-state index < -0.39 is 0 Å². The van der Waals surface area contributed by atoms with Crippen LogP contribution in [0.2, 0.25) is 0 Å². The molecule has 0 saturated heterocycles. The summed E-state index contributed by atoms with van der Waals surface area (Å²) >= 11 is 1.53. The number of aryl methyl sites for hydroxylation is 1. The van der Waals surface area contributed by atoms with Crippen molar-refractivity contribution < 1.29 is 5.11 Å². The fourth-order valence-electron chi connectivity index (χ4n) is 0.740. The number of aromatic nitrogens is 2. The topological polar surface area (TPSA) is 49.2 Å². The largest absolute Gasteiger partial charge is 0.394 e. The zero-order valence-corrected chi connectivity index (χ0v) is 8.30. The molecule has 5 heteroatoms. The quantitative estimate of drug-likeness (QED) is 0.755. The fraction of sp³-hybridized carbons (Fsp3) is 0.714. The van der Waals surface area contributed by atoms with Crippen LogP contribution in [0.5, 0.6) is 0 Å². The Bertz CT molecular complexity index is 251. The van der Waals surface area contributed by atoms with Gasteiger partial charge in [-0.05, 0) is 13.8 Å². The lowest BCUT2D eigenvalue weighted by molar-refractivity contribution is 0.270. The summed E-state index contributed by atoms with van der Waals surface area (Å²) < 4.78 is 0. The maximum atomic E-state index is 8.89. The lowest BCUT2D eigenvalue weighted by Gasteiger charge is -2.21. The average molecular weight is 187 g/mol. The summed E-state index contributed by atoms with van der Waals surface area (Å²) in [6, 6.07) is 0.0948. The van der Waals surface area contributed by atoms with Gasteiger partial charge in [0.25, 0.3) is 0 Å². The summed E-state index contributed by atoms with van der Waals surface area (Å²) in [5, 5.41) is 18.6. The zero-order valence-electron chi connectivity index (χ0n) is 7.48. The van der Waals surface area contributed by atoms with E-state index in [4.69, 9.17) is 5.11 Å². The minimum Gasteiger partial charge on any atom is -0.394 e. The van der Waals surface area contributed by atoms with Crippen molar-refractivity contribution in [2.24, 2.45) is 0 Å². The summed E-state index contributed by atoms with van der Waals surface area (Å²) in [4.78, 5) is 1.92. The highest BCUT2D eigenvalue weighted by Crippen LogP contribution is 2.19. The molecular formula is C7H13N3OS. The van der Waals surface area contributed by atoms with Gasteiger partial charge in [-0.2, -0.15) is 0 Å². The summed E-state index contributed by atoms with van der Waals surface area (Å²) in [6.07, 6.45) is 0. The Labute approximate surface area is 75.9 Å². The Morgan fingerprint density at radius 3 is 2.67 bits per heavy atom. The first-order chi connectivity index (χ1) is 5.65. The molecule has 0 spiro atoms. The second kappa shape index (κ2) is 3.82. The van der Waals surface area contributed by atoms with Crippen LogP contribution in [0, 0.1) is 6.92 Å². The van der Waals surface area contributed by atoms with Crippen molar-refractivity contribution >= 4 is 16.5 Å². The molecule has 1 aromatic rings. The van der Waals surface area contributed by atoms with Gasteiger partial charge >= 0.3 is 0 Å². The molecule has 68 valence electrons. The maximum Gasteiger partial charge on any atom is 0.208 e. The SMILES string of the molecule is Cc1nnc(N(C)C(C)CO)s1. The highest BCUT2D eigenvalue weighted by atomic mass is 32.1. The highest BCUT2D eigenvalue weighted by Gasteiger charge is 2.12. The molecule has 0 aliphatic heterocycles. The molecule has 1 aromatic heterocycles. The molecule has 12 heavy (non-hydrogen) atoms. The van der Waals surface area contributed by atoms with Crippen molar-refractivity contribution in [1.29, 1.82) is 0 Å². The lowest BCUT2D eigenvalue weighted by atomic mass is 10.3. The molecule has 1 rings (SSSR count). The van der Waals surface area contributed by atoms with Gasteiger partial charge in [-0.3, -0.25) is 0 Å². The van der Waals surface area contributed by atoms with E-state index in [1.165, 1.54) is 11.3 Å². The van der Waals surface area contributed by atoms with Crippen LogP contribution in [-0.2, 0) is 0 Å². The van der Waals surface area contributed by atoms with E-state index in [1.807, 2.05) is 25.8 Å². The van der Waals surface area contributed by atoms with Crippen LogP contribution in [0.3, 0.4) is 0 Å². The van der Waals surface area contributed by atoms with Crippen LogP contribution in [0.15, 0.2) is 0 Å². The second-order valence-corrected chi connectivity index (χ2v) is 3.91. The molecule has 0 aliphatic carbocycles. The molecule has 1 atom stereocenters. The first kappa shape index (κ1) is 9.41. The summed E-state index contributed by atoms with van der Waals surface area (Å²) in [5.74, 6) is 0. The summed E-state index contributed by atoms with van der Waals surface area (Å²) in [6.45, 7) is 3.99. The molecule has 0 radical (unpaired) electrons. The third kappa shape index (κ3) is 1.92.